The molecule has 0 aliphatic heterocycles. The van der Waals surface area contributed by atoms with Crippen molar-refractivity contribution in [2.45, 2.75) is 6.04 Å². The number of nitrogens with zero attached hydrogens (tertiary/aromatic N) is 4. The maximum absolute atomic E-state index is 13.2. The van der Waals surface area contributed by atoms with Crippen LogP contribution in [0.25, 0.3) is 10.4 Å². The van der Waals surface area contributed by atoms with Gasteiger partial charge in [0.15, 0.2) is 0 Å². The lowest BCUT2D eigenvalue weighted by Gasteiger charge is -2.07. The molecule has 0 aromatic heterocycles. The smallest absolute Gasteiger partial charge is 0.304 e. The first-order valence-corrected chi connectivity index (χ1v) is 4.19. The summed E-state index contributed by atoms with van der Waals surface area (Å²) in [4.78, 5) is 12.0. The quantitative estimate of drug-likeness (QED) is 0.278. The number of hydrogen-bond acceptors (Lipinski definition) is 4. The summed E-state index contributed by atoms with van der Waals surface area (Å²) in [6.45, 7) is -0.499. The largest absolute Gasteiger partial charge is 0.396 e. The van der Waals surface area contributed by atoms with Crippen molar-refractivity contribution in [3.63, 3.8) is 0 Å². The molecular weight excluding hydrogens is 219 g/mol. The third-order valence-electron chi connectivity index (χ3n) is 1.92. The monoisotopic (exact) mass is 226 g/mol. The number of rotatable bonds is 4. The number of hydrogen-bond donors (Lipinski definition) is 1. The molecule has 1 N–H and O–H groups in total. The average molecular weight is 226 g/mol. The van der Waals surface area contributed by atoms with E-state index in [0.717, 1.165) is 12.1 Å². The van der Waals surface area contributed by atoms with Crippen molar-refractivity contribution in [1.29, 1.82) is 0 Å². The summed E-state index contributed by atoms with van der Waals surface area (Å²) in [6, 6.07) is 2.12. The van der Waals surface area contributed by atoms with Crippen molar-refractivity contribution in [3.05, 3.63) is 50.1 Å². The van der Waals surface area contributed by atoms with Crippen molar-refractivity contribution >= 4 is 5.69 Å². The van der Waals surface area contributed by atoms with E-state index in [1.54, 1.807) is 0 Å². The summed E-state index contributed by atoms with van der Waals surface area (Å²) < 4.78 is 13.2. The van der Waals surface area contributed by atoms with Gasteiger partial charge in [0.2, 0.25) is 5.82 Å². The van der Waals surface area contributed by atoms with E-state index < -0.39 is 29.1 Å². The van der Waals surface area contributed by atoms with Gasteiger partial charge in [0, 0.05) is 11.0 Å². The molecule has 1 rings (SSSR count). The summed E-state index contributed by atoms with van der Waals surface area (Å²) >= 11 is 0. The molecule has 1 unspecified atom stereocenters. The highest BCUT2D eigenvalue weighted by Gasteiger charge is 2.17. The van der Waals surface area contributed by atoms with Crippen LogP contribution in [0.3, 0.4) is 0 Å². The Kier molecular flexibility index (Phi) is 3.76. The Hall–Kier alpha value is -2.18. The summed E-state index contributed by atoms with van der Waals surface area (Å²) in [7, 11) is 0. The molecule has 1 aromatic carbocycles. The van der Waals surface area contributed by atoms with Crippen LogP contribution in [0.4, 0.5) is 10.1 Å². The Labute approximate surface area is 88.9 Å². The molecule has 7 nitrogen and oxygen atoms in total. The van der Waals surface area contributed by atoms with Gasteiger partial charge in [-0.05, 0) is 17.2 Å². The fraction of sp³-hybridized carbons (Fsp3) is 0.250. The lowest BCUT2D eigenvalue weighted by Crippen LogP contribution is -2.02. The van der Waals surface area contributed by atoms with Crippen molar-refractivity contribution in [3.8, 4) is 0 Å². The van der Waals surface area contributed by atoms with E-state index >= 15 is 0 Å². The van der Waals surface area contributed by atoms with Gasteiger partial charge in [-0.1, -0.05) is 11.2 Å². The van der Waals surface area contributed by atoms with Crippen LogP contribution in [-0.2, 0) is 0 Å². The minimum atomic E-state index is -1.03. The number of halogens is 1. The van der Waals surface area contributed by atoms with Gasteiger partial charge in [-0.25, -0.2) is 0 Å². The summed E-state index contributed by atoms with van der Waals surface area (Å²) in [5.74, 6) is -1.03. The average Bonchev–Trinajstić information content (AvgIpc) is 2.25. The summed E-state index contributed by atoms with van der Waals surface area (Å²) in [6.07, 6.45) is 0. The lowest BCUT2D eigenvalue weighted by atomic mass is 10.1. The van der Waals surface area contributed by atoms with Gasteiger partial charge in [-0.15, -0.1) is 0 Å². The van der Waals surface area contributed by atoms with Crippen LogP contribution in [0.2, 0.25) is 0 Å². The molecule has 8 heteroatoms. The Bertz CT molecular complexity index is 459. The van der Waals surface area contributed by atoms with Crippen LogP contribution in [0.15, 0.2) is 23.3 Å². The number of nitro benzene ring substituents is 1. The standard InChI is InChI=1S/C8H7FN4O3/c9-6-3-5(7(4-14)11-12-10)1-2-8(6)13(15)16/h1-3,7,14H,4H2. The van der Waals surface area contributed by atoms with E-state index in [2.05, 4.69) is 10.0 Å². The first-order valence-electron chi connectivity index (χ1n) is 4.19. The molecular formula is C8H7FN4O3. The number of aliphatic hydroxyl groups is 1. The highest BCUT2D eigenvalue weighted by molar-refractivity contribution is 5.36. The fourth-order valence-corrected chi connectivity index (χ4v) is 1.15. The zero-order valence-corrected chi connectivity index (χ0v) is 7.95. The van der Waals surface area contributed by atoms with Gasteiger partial charge >= 0.3 is 5.69 Å². The van der Waals surface area contributed by atoms with Gasteiger partial charge < -0.3 is 5.11 Å². The van der Waals surface area contributed by atoms with E-state index in [1.807, 2.05) is 0 Å². The van der Waals surface area contributed by atoms with Gasteiger partial charge in [0.05, 0.1) is 17.6 Å². The van der Waals surface area contributed by atoms with Crippen molar-refractivity contribution in [1.82, 2.24) is 0 Å². The number of azide groups is 1. The third-order valence-corrected chi connectivity index (χ3v) is 1.92. The molecule has 0 saturated heterocycles. The molecule has 0 spiro atoms. The summed E-state index contributed by atoms with van der Waals surface area (Å²) in [5, 5.41) is 22.4. The summed E-state index contributed by atoms with van der Waals surface area (Å²) in [5.41, 5.74) is 7.70. The molecule has 0 aliphatic carbocycles. The van der Waals surface area contributed by atoms with Crippen LogP contribution in [-0.4, -0.2) is 16.6 Å². The van der Waals surface area contributed by atoms with Gasteiger partial charge in [-0.3, -0.25) is 10.1 Å². The Balaban J connectivity index is 3.13. The van der Waals surface area contributed by atoms with Crippen LogP contribution < -0.4 is 0 Å². The van der Waals surface area contributed by atoms with Gasteiger partial charge in [0.1, 0.15) is 0 Å². The lowest BCUT2D eigenvalue weighted by molar-refractivity contribution is -0.387. The second-order valence-corrected chi connectivity index (χ2v) is 2.87. The van der Waals surface area contributed by atoms with E-state index in [0.29, 0.717) is 0 Å². The van der Waals surface area contributed by atoms with Crippen LogP contribution in [0.5, 0.6) is 0 Å². The second kappa shape index (κ2) is 5.06. The Morgan fingerprint density at radius 1 is 1.69 bits per heavy atom. The highest BCUT2D eigenvalue weighted by atomic mass is 19.1. The number of benzene rings is 1. The molecule has 16 heavy (non-hydrogen) atoms. The SMILES string of the molecule is [N-]=[N+]=NC(CO)c1ccc([N+](=O)[O-])c(F)c1. The first-order chi connectivity index (χ1) is 7.60. The molecule has 0 radical (unpaired) electrons. The minimum absolute atomic E-state index is 0.184. The zero-order chi connectivity index (χ0) is 12.1. The van der Waals surface area contributed by atoms with Gasteiger partial charge in [-0.2, -0.15) is 4.39 Å². The first kappa shape index (κ1) is 11.9. The van der Waals surface area contributed by atoms with E-state index in [1.165, 1.54) is 6.07 Å². The highest BCUT2D eigenvalue weighted by Crippen LogP contribution is 2.23. The normalized spacial score (nSPS) is 11.6. The fourth-order valence-electron chi connectivity index (χ4n) is 1.15. The molecule has 84 valence electrons. The maximum atomic E-state index is 13.2. The molecule has 1 atom stereocenters. The van der Waals surface area contributed by atoms with E-state index in [4.69, 9.17) is 10.6 Å². The van der Waals surface area contributed by atoms with Crippen molar-refractivity contribution < 1.29 is 14.4 Å². The van der Waals surface area contributed by atoms with E-state index in [9.17, 15) is 14.5 Å². The van der Waals surface area contributed by atoms with Gasteiger partial charge in [0.25, 0.3) is 0 Å². The zero-order valence-electron chi connectivity index (χ0n) is 7.95. The molecule has 0 fully saturated rings. The Morgan fingerprint density at radius 3 is 2.81 bits per heavy atom. The van der Waals surface area contributed by atoms with E-state index in [-0.39, 0.29) is 5.56 Å². The predicted molar refractivity (Wildman–Crippen MR) is 52.0 cm³/mol. The molecule has 0 amide bonds. The molecule has 0 bridgehead atoms. The molecule has 0 heterocycles. The van der Waals surface area contributed by atoms with Crippen LogP contribution >= 0.6 is 0 Å². The topological polar surface area (TPSA) is 112 Å². The second-order valence-electron chi connectivity index (χ2n) is 2.87. The van der Waals surface area contributed by atoms with Crippen LogP contribution in [0.1, 0.15) is 11.6 Å². The predicted octanol–water partition coefficient (Wildman–Crippen LogP) is 2.08. The number of aliphatic hydroxyl groups excluding tert-OH is 1. The number of nitro groups is 1. The Morgan fingerprint density at radius 2 is 2.38 bits per heavy atom. The molecule has 0 saturated carbocycles. The van der Waals surface area contributed by atoms with Crippen molar-refractivity contribution in [2.75, 3.05) is 6.61 Å². The minimum Gasteiger partial charge on any atom is -0.396 e. The third kappa shape index (κ3) is 2.44. The maximum Gasteiger partial charge on any atom is 0.304 e. The molecule has 0 aliphatic rings. The molecule has 1 aromatic rings. The van der Waals surface area contributed by atoms with Crippen LogP contribution in [0, 0.1) is 15.9 Å². The van der Waals surface area contributed by atoms with Crippen molar-refractivity contribution in [2.24, 2.45) is 5.11 Å².